The number of hydrogen-bond acceptors (Lipinski definition) is 0. The molecule has 0 heterocycles. The number of allylic oxidation sites excluding steroid dienone is 4. The van der Waals surface area contributed by atoms with Crippen molar-refractivity contribution in [2.75, 3.05) is 40.3 Å². The summed E-state index contributed by atoms with van der Waals surface area (Å²) in [5, 5.41) is 11.8. The van der Waals surface area contributed by atoms with Gasteiger partial charge in [0.15, 0.2) is 0 Å². The van der Waals surface area contributed by atoms with Crippen molar-refractivity contribution in [2.24, 2.45) is 0 Å². The van der Waals surface area contributed by atoms with Gasteiger partial charge in [0, 0.05) is 0 Å². The molecule has 1 aliphatic rings. The van der Waals surface area contributed by atoms with E-state index in [0.717, 1.165) is 26.2 Å². The largest absolute Gasteiger partial charge is 4.00 e. The van der Waals surface area contributed by atoms with Crippen LogP contribution in [0.2, 0.25) is 0 Å². The molecular weight excluding hydrogens is 306 g/mol. The fraction of sp³-hybridized carbons (Fsp3) is 0.722. The molecule has 0 aromatic rings. The van der Waals surface area contributed by atoms with Crippen LogP contribution >= 0.6 is 0 Å². The van der Waals surface area contributed by atoms with E-state index in [2.05, 4.69) is 41.1 Å². The van der Waals surface area contributed by atoms with Crippen LogP contribution in [-0.2, 0) is 21.7 Å². The van der Waals surface area contributed by atoms with Gasteiger partial charge in [-0.3, -0.25) is 0 Å². The second-order valence-electron chi connectivity index (χ2n) is 4.44. The smallest absolute Gasteiger partial charge is 0.665 e. The van der Waals surface area contributed by atoms with Gasteiger partial charge >= 0.3 is 21.7 Å². The van der Waals surface area contributed by atoms with Crippen molar-refractivity contribution in [1.29, 1.82) is 0 Å². The van der Waals surface area contributed by atoms with Crippen molar-refractivity contribution in [3.05, 3.63) is 47.2 Å². The zero-order valence-corrected chi connectivity index (χ0v) is 17.3. The molecule has 0 N–H and O–H groups in total. The molecular formula is C18H37N3Ti. The number of nitrogens with zero attached hydrogens (tertiary/aromatic N) is 3. The predicted octanol–water partition coefficient (Wildman–Crippen LogP) is 5.90. The summed E-state index contributed by atoms with van der Waals surface area (Å²) in [5.74, 6) is 0. The number of rotatable bonds is 8. The maximum absolute atomic E-state index is 4.30. The molecule has 0 aliphatic heterocycles. The molecule has 0 unspecified atom stereocenters. The zero-order chi connectivity index (χ0) is 15.5. The van der Waals surface area contributed by atoms with Gasteiger partial charge in [0.2, 0.25) is 0 Å². The Bertz CT molecular complexity index is 220. The molecule has 0 saturated heterocycles. The van der Waals surface area contributed by atoms with Gasteiger partial charge in [-0.25, -0.2) is 0 Å². The van der Waals surface area contributed by atoms with Gasteiger partial charge < -0.3 is 23.4 Å². The molecule has 1 rings (SSSR count). The first-order valence-electron chi connectivity index (χ1n) is 7.85. The monoisotopic (exact) mass is 343 g/mol. The third kappa shape index (κ3) is 28.3. The minimum absolute atomic E-state index is 0. The molecule has 0 radical (unpaired) electrons. The van der Waals surface area contributed by atoms with E-state index in [1.807, 2.05) is 13.8 Å². The van der Waals surface area contributed by atoms with Crippen LogP contribution in [-0.4, -0.2) is 40.3 Å². The summed E-state index contributed by atoms with van der Waals surface area (Å²) in [6.07, 6.45) is 11.6. The van der Waals surface area contributed by atoms with Crippen molar-refractivity contribution in [3.8, 4) is 0 Å². The summed E-state index contributed by atoms with van der Waals surface area (Å²) in [6, 6.07) is 0. The van der Waals surface area contributed by atoms with E-state index in [4.69, 9.17) is 0 Å². The Morgan fingerprint density at radius 3 is 1.86 bits per heavy atom. The molecule has 0 bridgehead atoms. The van der Waals surface area contributed by atoms with Crippen LogP contribution < -0.4 is 0 Å². The second-order valence-corrected chi connectivity index (χ2v) is 4.44. The molecule has 0 aromatic heterocycles. The van der Waals surface area contributed by atoms with Crippen LogP contribution in [0.15, 0.2) is 23.8 Å². The summed E-state index contributed by atoms with van der Waals surface area (Å²) in [7, 11) is 3.61. The SMILES string of the molecule is CC[N-]C.CC[N-]C.CC[N-]CCCCC1=CC=CC1.[CH3-].[Ti+4]. The van der Waals surface area contributed by atoms with Crippen LogP contribution in [0.1, 0.15) is 46.5 Å². The van der Waals surface area contributed by atoms with E-state index in [1.54, 1.807) is 19.7 Å². The number of hydrogen-bond donors (Lipinski definition) is 0. The quantitative estimate of drug-likeness (QED) is 0.299. The molecule has 1 aliphatic carbocycles. The van der Waals surface area contributed by atoms with Gasteiger partial charge in [0.05, 0.1) is 0 Å². The van der Waals surface area contributed by atoms with Gasteiger partial charge in [-0.1, -0.05) is 57.4 Å². The summed E-state index contributed by atoms with van der Waals surface area (Å²) >= 11 is 0. The van der Waals surface area contributed by atoms with E-state index in [1.165, 1.54) is 25.7 Å². The standard InChI is InChI=1S/C11H18N.2C3H8N.CH3.Ti/c1-2-12-10-6-5-9-11-7-3-4-8-11;2*1-3-4-2;;/h3-4,7H,2,5-6,8-10H2,1H3;2*3H2,1-2H3;1H3;/q4*-1;+4. The zero-order valence-electron chi connectivity index (χ0n) is 15.7. The van der Waals surface area contributed by atoms with E-state index >= 15 is 0 Å². The Morgan fingerprint density at radius 1 is 0.955 bits per heavy atom. The fourth-order valence-corrected chi connectivity index (χ4v) is 1.41. The van der Waals surface area contributed by atoms with Crippen LogP contribution in [0.3, 0.4) is 0 Å². The van der Waals surface area contributed by atoms with Gasteiger partial charge in [0.1, 0.15) is 0 Å². The van der Waals surface area contributed by atoms with E-state index in [0.29, 0.717) is 0 Å². The van der Waals surface area contributed by atoms with Gasteiger partial charge in [-0.15, -0.1) is 6.54 Å². The average Bonchev–Trinajstić information content (AvgIpc) is 3.01. The fourth-order valence-electron chi connectivity index (χ4n) is 1.41. The molecule has 0 amide bonds. The number of unbranched alkanes of at least 4 members (excludes halogenated alkanes) is 1. The van der Waals surface area contributed by atoms with Crippen molar-refractivity contribution in [2.45, 2.75) is 46.5 Å². The second kappa shape index (κ2) is 29.1. The van der Waals surface area contributed by atoms with Crippen LogP contribution in [0, 0.1) is 7.43 Å². The van der Waals surface area contributed by atoms with Gasteiger partial charge in [-0.05, 0) is 12.8 Å². The van der Waals surface area contributed by atoms with Crippen LogP contribution in [0.5, 0.6) is 0 Å². The summed E-state index contributed by atoms with van der Waals surface area (Å²) in [6.45, 7) is 10.0. The first-order chi connectivity index (χ1) is 9.76. The van der Waals surface area contributed by atoms with E-state index < -0.39 is 0 Å². The topological polar surface area (TPSA) is 42.3 Å². The Morgan fingerprint density at radius 2 is 1.50 bits per heavy atom. The first kappa shape index (κ1) is 30.0. The van der Waals surface area contributed by atoms with Crippen molar-refractivity contribution < 1.29 is 21.7 Å². The minimum atomic E-state index is 0. The van der Waals surface area contributed by atoms with Gasteiger partial charge in [-0.2, -0.15) is 33.7 Å². The van der Waals surface area contributed by atoms with Gasteiger partial charge in [0.25, 0.3) is 0 Å². The van der Waals surface area contributed by atoms with Crippen LogP contribution in [0.25, 0.3) is 16.0 Å². The normalized spacial score (nSPS) is 11.0. The predicted molar refractivity (Wildman–Crippen MR) is 101 cm³/mol. The maximum Gasteiger partial charge on any atom is 4.00 e. The first-order valence-corrected chi connectivity index (χ1v) is 7.85. The molecule has 0 aromatic carbocycles. The average molecular weight is 343 g/mol. The Labute approximate surface area is 155 Å². The molecule has 0 atom stereocenters. The summed E-state index contributed by atoms with van der Waals surface area (Å²) in [4.78, 5) is 0. The summed E-state index contributed by atoms with van der Waals surface area (Å²) < 4.78 is 0. The Kier molecular flexibility index (Phi) is 39.7. The molecule has 22 heavy (non-hydrogen) atoms. The third-order valence-corrected chi connectivity index (χ3v) is 2.77. The van der Waals surface area contributed by atoms with E-state index in [9.17, 15) is 0 Å². The third-order valence-electron chi connectivity index (χ3n) is 2.77. The Balaban J connectivity index is -0.000000138. The molecule has 3 nitrogen and oxygen atoms in total. The van der Waals surface area contributed by atoms with Crippen molar-refractivity contribution >= 4 is 0 Å². The Hall–Kier alpha value is 0.0743. The van der Waals surface area contributed by atoms with Crippen molar-refractivity contribution in [3.63, 3.8) is 0 Å². The summed E-state index contributed by atoms with van der Waals surface area (Å²) in [5.41, 5.74) is 1.59. The molecule has 0 fully saturated rings. The molecule has 128 valence electrons. The molecule has 0 saturated carbocycles. The molecule has 4 heteroatoms. The minimum Gasteiger partial charge on any atom is -0.665 e. The van der Waals surface area contributed by atoms with E-state index in [-0.39, 0.29) is 29.1 Å². The molecule has 0 spiro atoms. The maximum atomic E-state index is 4.30. The van der Waals surface area contributed by atoms with Crippen LogP contribution in [0.4, 0.5) is 0 Å². The van der Waals surface area contributed by atoms with Crippen molar-refractivity contribution in [1.82, 2.24) is 0 Å².